The zero-order valence-electron chi connectivity index (χ0n) is 20.0. The van der Waals surface area contributed by atoms with Crippen molar-refractivity contribution < 1.29 is 28.6 Å². The van der Waals surface area contributed by atoms with Crippen LogP contribution in [0.25, 0.3) is 6.08 Å². The molecule has 1 fully saturated rings. The van der Waals surface area contributed by atoms with E-state index in [1.807, 2.05) is 19.1 Å². The van der Waals surface area contributed by atoms with Gasteiger partial charge in [0, 0.05) is 5.56 Å². The van der Waals surface area contributed by atoms with Gasteiger partial charge in [-0.1, -0.05) is 35.3 Å². The third-order valence-corrected chi connectivity index (χ3v) is 6.86. The molecule has 190 valence electrons. The number of esters is 1. The van der Waals surface area contributed by atoms with Gasteiger partial charge >= 0.3 is 5.97 Å². The summed E-state index contributed by atoms with van der Waals surface area (Å²) in [7, 11) is 1.20. The SMILES string of the molecule is C=CCc1cc(/C=C2/SC(=O)N([C@@H](C)C(=O)OC)C2=O)cc(OCC)c1OCc1ccc(Cl)c(Cl)c1. The Morgan fingerprint density at radius 2 is 1.92 bits per heavy atom. The predicted molar refractivity (Wildman–Crippen MR) is 142 cm³/mol. The van der Waals surface area contributed by atoms with Crippen LogP contribution in [0.15, 0.2) is 47.9 Å². The van der Waals surface area contributed by atoms with Crippen LogP contribution < -0.4 is 9.47 Å². The van der Waals surface area contributed by atoms with Crippen LogP contribution in [0.3, 0.4) is 0 Å². The van der Waals surface area contributed by atoms with Gasteiger partial charge in [-0.05, 0) is 73.5 Å². The highest BCUT2D eigenvalue weighted by Crippen LogP contribution is 2.38. The predicted octanol–water partition coefficient (Wildman–Crippen LogP) is 6.30. The van der Waals surface area contributed by atoms with Crippen LogP contribution >= 0.6 is 35.0 Å². The first-order valence-corrected chi connectivity index (χ1v) is 12.6. The van der Waals surface area contributed by atoms with Crippen LogP contribution in [-0.2, 0) is 27.4 Å². The van der Waals surface area contributed by atoms with Crippen LogP contribution in [0, 0.1) is 0 Å². The van der Waals surface area contributed by atoms with Crippen LogP contribution in [0.2, 0.25) is 10.0 Å². The van der Waals surface area contributed by atoms with Crippen molar-refractivity contribution in [1.82, 2.24) is 4.90 Å². The van der Waals surface area contributed by atoms with E-state index in [1.54, 1.807) is 30.4 Å². The Balaban J connectivity index is 1.95. The maximum absolute atomic E-state index is 12.9. The van der Waals surface area contributed by atoms with Crippen LogP contribution in [0.1, 0.15) is 30.5 Å². The molecule has 0 radical (unpaired) electrons. The molecule has 10 heteroatoms. The normalized spacial score (nSPS) is 15.2. The smallest absolute Gasteiger partial charge is 0.328 e. The minimum absolute atomic E-state index is 0.187. The standard InChI is InChI=1S/C26H25Cl2NO6S/c1-5-7-18-10-17(13-22-24(30)29(26(32)36-22)15(3)25(31)33-4)12-21(34-6-2)23(18)35-14-16-8-9-19(27)20(28)11-16/h5,8-13,15H,1,6-7,14H2,2-4H3/b22-13+/t15-/m0/s1. The van der Waals surface area contributed by atoms with Crippen molar-refractivity contribution in [3.63, 3.8) is 0 Å². The minimum Gasteiger partial charge on any atom is -0.490 e. The fourth-order valence-electron chi connectivity index (χ4n) is 3.53. The van der Waals surface area contributed by atoms with Gasteiger partial charge in [-0.25, -0.2) is 4.79 Å². The molecular weight excluding hydrogens is 525 g/mol. The third kappa shape index (κ3) is 6.24. The first-order chi connectivity index (χ1) is 17.2. The maximum atomic E-state index is 12.9. The summed E-state index contributed by atoms with van der Waals surface area (Å²) in [4.78, 5) is 38.3. The molecule has 1 aliphatic rings. The number of nitrogens with zero attached hydrogens (tertiary/aromatic N) is 1. The van der Waals surface area contributed by atoms with Crippen molar-refractivity contribution in [2.24, 2.45) is 0 Å². The molecule has 0 N–H and O–H groups in total. The van der Waals surface area contributed by atoms with Gasteiger partial charge in [0.2, 0.25) is 0 Å². The van der Waals surface area contributed by atoms with Crippen LogP contribution in [-0.4, -0.2) is 41.8 Å². The molecule has 0 saturated carbocycles. The van der Waals surface area contributed by atoms with E-state index in [1.165, 1.54) is 14.0 Å². The highest BCUT2D eigenvalue weighted by Gasteiger charge is 2.41. The molecule has 0 bridgehead atoms. The summed E-state index contributed by atoms with van der Waals surface area (Å²) in [6.45, 7) is 7.73. The Bertz CT molecular complexity index is 1230. The summed E-state index contributed by atoms with van der Waals surface area (Å²) >= 11 is 12.9. The number of carbonyl (C=O) groups excluding carboxylic acids is 3. The fraction of sp³-hybridized carbons (Fsp3) is 0.269. The molecule has 2 aromatic carbocycles. The highest BCUT2D eigenvalue weighted by molar-refractivity contribution is 8.18. The number of ether oxygens (including phenoxy) is 3. The summed E-state index contributed by atoms with van der Waals surface area (Å²) in [5.41, 5.74) is 2.24. The Morgan fingerprint density at radius 3 is 2.56 bits per heavy atom. The van der Waals surface area contributed by atoms with Crippen molar-refractivity contribution >= 4 is 58.2 Å². The number of halogens is 2. The Morgan fingerprint density at radius 1 is 1.17 bits per heavy atom. The molecule has 3 rings (SSSR count). The number of allylic oxidation sites excluding steroid dienone is 1. The van der Waals surface area contributed by atoms with E-state index in [0.29, 0.717) is 40.1 Å². The van der Waals surface area contributed by atoms with E-state index in [0.717, 1.165) is 27.8 Å². The van der Waals surface area contributed by atoms with Crippen molar-refractivity contribution in [2.75, 3.05) is 13.7 Å². The number of carbonyl (C=O) groups is 3. The number of thioether (sulfide) groups is 1. The summed E-state index contributed by atoms with van der Waals surface area (Å²) < 4.78 is 16.6. The summed E-state index contributed by atoms with van der Waals surface area (Å²) in [6.07, 6.45) is 3.79. The molecule has 0 aliphatic carbocycles. The molecule has 36 heavy (non-hydrogen) atoms. The number of imide groups is 1. The number of methoxy groups -OCH3 is 1. The zero-order valence-corrected chi connectivity index (χ0v) is 22.3. The highest BCUT2D eigenvalue weighted by atomic mass is 35.5. The molecule has 2 amide bonds. The summed E-state index contributed by atoms with van der Waals surface area (Å²) in [6, 6.07) is 7.80. The van der Waals surface area contributed by atoms with Gasteiger partial charge in [0.15, 0.2) is 11.5 Å². The van der Waals surface area contributed by atoms with E-state index in [4.69, 9.17) is 32.7 Å². The van der Waals surface area contributed by atoms with Gasteiger partial charge in [-0.2, -0.15) is 0 Å². The Kier molecular flexibility index (Phi) is 9.48. The minimum atomic E-state index is -1.03. The largest absolute Gasteiger partial charge is 0.490 e. The van der Waals surface area contributed by atoms with E-state index >= 15 is 0 Å². The maximum Gasteiger partial charge on any atom is 0.328 e. The molecule has 0 unspecified atom stereocenters. The molecular formula is C26H25Cl2NO6S. The summed E-state index contributed by atoms with van der Waals surface area (Å²) in [5.74, 6) is -0.224. The molecule has 0 aromatic heterocycles. The molecule has 1 heterocycles. The lowest BCUT2D eigenvalue weighted by molar-refractivity contribution is -0.148. The lowest BCUT2D eigenvalue weighted by Crippen LogP contribution is -2.42. The van der Waals surface area contributed by atoms with Gasteiger partial charge in [0.25, 0.3) is 11.1 Å². The van der Waals surface area contributed by atoms with Gasteiger partial charge in [-0.3, -0.25) is 14.5 Å². The number of rotatable bonds is 10. The number of hydrogen-bond acceptors (Lipinski definition) is 7. The lowest BCUT2D eigenvalue weighted by Gasteiger charge is -2.18. The Hall–Kier alpha value is -2.94. The van der Waals surface area contributed by atoms with Gasteiger partial charge in [-0.15, -0.1) is 6.58 Å². The van der Waals surface area contributed by atoms with Crippen LogP contribution in [0.4, 0.5) is 4.79 Å². The first kappa shape index (κ1) is 27.6. The second-order valence-electron chi connectivity index (χ2n) is 7.72. The second-order valence-corrected chi connectivity index (χ2v) is 9.53. The number of hydrogen-bond donors (Lipinski definition) is 0. The average molecular weight is 550 g/mol. The van der Waals surface area contributed by atoms with Crippen molar-refractivity contribution in [3.8, 4) is 11.5 Å². The van der Waals surface area contributed by atoms with Crippen molar-refractivity contribution in [1.29, 1.82) is 0 Å². The monoisotopic (exact) mass is 549 g/mol. The quantitative estimate of drug-likeness (QED) is 0.195. The van der Waals surface area contributed by atoms with Crippen molar-refractivity contribution in [2.45, 2.75) is 32.9 Å². The molecule has 1 saturated heterocycles. The second kappa shape index (κ2) is 12.3. The Labute approximate surface area is 224 Å². The molecule has 7 nitrogen and oxygen atoms in total. The molecule has 1 aliphatic heterocycles. The van der Waals surface area contributed by atoms with Crippen LogP contribution in [0.5, 0.6) is 11.5 Å². The van der Waals surface area contributed by atoms with E-state index in [2.05, 4.69) is 11.3 Å². The van der Waals surface area contributed by atoms with Gasteiger partial charge in [0.05, 0.1) is 28.7 Å². The fourth-order valence-corrected chi connectivity index (χ4v) is 4.76. The molecule has 0 spiro atoms. The average Bonchev–Trinajstić information content (AvgIpc) is 3.12. The third-order valence-electron chi connectivity index (χ3n) is 5.24. The topological polar surface area (TPSA) is 82.1 Å². The number of benzene rings is 2. The lowest BCUT2D eigenvalue weighted by atomic mass is 10.0. The summed E-state index contributed by atoms with van der Waals surface area (Å²) in [5, 5.41) is 0.347. The number of amides is 2. The van der Waals surface area contributed by atoms with Gasteiger partial charge < -0.3 is 14.2 Å². The van der Waals surface area contributed by atoms with E-state index in [-0.39, 0.29) is 11.5 Å². The van der Waals surface area contributed by atoms with Gasteiger partial charge in [0.1, 0.15) is 12.6 Å². The van der Waals surface area contributed by atoms with E-state index in [9.17, 15) is 14.4 Å². The molecule has 1 atom stereocenters. The van der Waals surface area contributed by atoms with E-state index < -0.39 is 23.2 Å². The molecule has 2 aromatic rings. The van der Waals surface area contributed by atoms with Crippen molar-refractivity contribution in [3.05, 3.63) is 74.6 Å². The first-order valence-electron chi connectivity index (χ1n) is 11.0. The zero-order chi connectivity index (χ0) is 26.4.